The first-order valence-corrected chi connectivity index (χ1v) is 10.9. The Kier molecular flexibility index (Phi) is 5.95. The molecule has 0 fully saturated rings. The van der Waals surface area contributed by atoms with E-state index in [0.29, 0.717) is 4.47 Å². The number of benzene rings is 3. The van der Waals surface area contributed by atoms with E-state index in [9.17, 15) is 22.6 Å². The molecule has 0 aliphatic carbocycles. The summed E-state index contributed by atoms with van der Waals surface area (Å²) in [6.07, 6.45) is 0. The van der Waals surface area contributed by atoms with Crippen LogP contribution in [0.5, 0.6) is 0 Å². The van der Waals surface area contributed by atoms with Crippen LogP contribution in [-0.4, -0.2) is 24.5 Å². The Labute approximate surface area is 178 Å². The van der Waals surface area contributed by atoms with Gasteiger partial charge < -0.3 is 0 Å². The molecule has 0 aliphatic rings. The van der Waals surface area contributed by atoms with E-state index < -0.39 is 21.7 Å². The second-order valence-electron chi connectivity index (χ2n) is 5.83. The zero-order chi connectivity index (χ0) is 20.5. The van der Waals surface area contributed by atoms with Gasteiger partial charge in [0.1, 0.15) is 4.90 Å². The number of carbonyl (C=O) groups is 2. The number of rotatable bonds is 5. The minimum absolute atomic E-state index is 0.0345. The van der Waals surface area contributed by atoms with Gasteiger partial charge in [0.05, 0.1) is 0 Å². The van der Waals surface area contributed by atoms with Gasteiger partial charge in [-0.1, -0.05) is 50.1 Å². The van der Waals surface area contributed by atoms with Crippen LogP contribution < -0.4 is 0 Å². The lowest BCUT2D eigenvalue weighted by Gasteiger charge is -2.12. The summed E-state index contributed by atoms with van der Waals surface area (Å²) in [7, 11) is -4.53. The van der Waals surface area contributed by atoms with Gasteiger partial charge in [-0.15, -0.1) is 0 Å². The monoisotopic (exact) mass is 522 g/mol. The van der Waals surface area contributed by atoms with Gasteiger partial charge in [-0.05, 0) is 54.1 Å². The average molecular weight is 524 g/mol. The van der Waals surface area contributed by atoms with E-state index in [1.807, 2.05) is 0 Å². The Balaban J connectivity index is 2.17. The van der Waals surface area contributed by atoms with E-state index in [2.05, 4.69) is 31.9 Å². The lowest BCUT2D eigenvalue weighted by atomic mass is 9.93. The van der Waals surface area contributed by atoms with Gasteiger partial charge in [0.25, 0.3) is 10.1 Å². The van der Waals surface area contributed by atoms with Crippen molar-refractivity contribution in [2.75, 3.05) is 0 Å². The molecule has 3 aromatic carbocycles. The lowest BCUT2D eigenvalue weighted by Crippen LogP contribution is -2.16. The van der Waals surface area contributed by atoms with Gasteiger partial charge in [0, 0.05) is 25.6 Å². The van der Waals surface area contributed by atoms with E-state index in [-0.39, 0.29) is 27.1 Å². The summed E-state index contributed by atoms with van der Waals surface area (Å²) >= 11 is 6.57. The standard InChI is InChI=1S/C20H12Br2O5S/c21-13-7-5-12(6-8-13)19(23)20(24)16-10-9-14(22)11-17(16)15-3-1-2-4-18(15)28(25,26)27/h1-11H,(H,25,26,27). The fourth-order valence-corrected chi connectivity index (χ4v) is 4.04. The summed E-state index contributed by atoms with van der Waals surface area (Å²) in [5.74, 6) is -1.50. The molecule has 0 heterocycles. The number of ketones is 2. The van der Waals surface area contributed by atoms with Crippen LogP contribution in [0.15, 0.2) is 80.6 Å². The molecular formula is C20H12Br2O5S. The van der Waals surface area contributed by atoms with Crippen LogP contribution >= 0.6 is 31.9 Å². The van der Waals surface area contributed by atoms with Crippen LogP contribution in [0, 0.1) is 0 Å². The van der Waals surface area contributed by atoms with Crippen LogP contribution in [0.1, 0.15) is 20.7 Å². The number of hydrogen-bond donors (Lipinski definition) is 1. The number of Topliss-reactive ketones (excluding diaryl/α,β-unsaturated/α-hetero) is 2. The SMILES string of the molecule is O=C(C(=O)c1ccc(Br)cc1-c1ccccc1S(=O)(=O)O)c1ccc(Br)cc1. The summed E-state index contributed by atoms with van der Waals surface area (Å²) in [6.45, 7) is 0. The van der Waals surface area contributed by atoms with E-state index in [4.69, 9.17) is 0 Å². The zero-order valence-electron chi connectivity index (χ0n) is 14.1. The van der Waals surface area contributed by atoms with Gasteiger partial charge in [-0.25, -0.2) is 0 Å². The Hall–Kier alpha value is -2.13. The summed E-state index contributed by atoms with van der Waals surface area (Å²) in [6, 6.07) is 16.6. The molecule has 142 valence electrons. The van der Waals surface area contributed by atoms with Crippen molar-refractivity contribution in [1.29, 1.82) is 0 Å². The van der Waals surface area contributed by atoms with Crippen molar-refractivity contribution in [3.63, 3.8) is 0 Å². The molecule has 3 rings (SSSR count). The molecule has 28 heavy (non-hydrogen) atoms. The van der Waals surface area contributed by atoms with Gasteiger partial charge in [-0.3, -0.25) is 14.1 Å². The molecule has 1 N–H and O–H groups in total. The van der Waals surface area contributed by atoms with Crippen LogP contribution in [-0.2, 0) is 10.1 Å². The normalized spacial score (nSPS) is 11.2. The Morgan fingerprint density at radius 3 is 2.00 bits per heavy atom. The second kappa shape index (κ2) is 8.08. The molecule has 0 saturated heterocycles. The molecular weight excluding hydrogens is 512 g/mol. The Morgan fingerprint density at radius 1 is 0.750 bits per heavy atom. The number of hydrogen-bond acceptors (Lipinski definition) is 4. The highest BCUT2D eigenvalue weighted by atomic mass is 79.9. The van der Waals surface area contributed by atoms with Crippen LogP contribution in [0.3, 0.4) is 0 Å². The summed E-state index contributed by atoms with van der Waals surface area (Å²) in [4.78, 5) is 25.2. The molecule has 0 atom stereocenters. The summed E-state index contributed by atoms with van der Waals surface area (Å²) in [5.41, 5.74) is 0.591. The maximum Gasteiger partial charge on any atom is 0.295 e. The summed E-state index contributed by atoms with van der Waals surface area (Å²) < 4.78 is 34.4. The molecule has 0 amide bonds. The highest BCUT2D eigenvalue weighted by Crippen LogP contribution is 2.33. The molecule has 8 heteroatoms. The zero-order valence-corrected chi connectivity index (χ0v) is 18.1. The molecule has 0 spiro atoms. The van der Waals surface area contributed by atoms with Gasteiger partial charge in [0.15, 0.2) is 0 Å². The average Bonchev–Trinajstić information content (AvgIpc) is 2.67. The molecule has 0 bridgehead atoms. The van der Waals surface area contributed by atoms with Crippen molar-refractivity contribution in [2.24, 2.45) is 0 Å². The van der Waals surface area contributed by atoms with Gasteiger partial charge in [0.2, 0.25) is 11.6 Å². The largest absolute Gasteiger partial charge is 0.295 e. The van der Waals surface area contributed by atoms with E-state index in [1.165, 1.54) is 42.5 Å². The maximum absolute atomic E-state index is 12.9. The summed E-state index contributed by atoms with van der Waals surface area (Å²) in [5, 5.41) is 0. The second-order valence-corrected chi connectivity index (χ2v) is 9.05. The fourth-order valence-electron chi connectivity index (χ4n) is 2.71. The molecule has 0 saturated carbocycles. The highest BCUT2D eigenvalue weighted by molar-refractivity contribution is 9.10. The van der Waals surface area contributed by atoms with Crippen molar-refractivity contribution < 1.29 is 22.6 Å². The molecule has 0 aliphatic heterocycles. The molecule has 5 nitrogen and oxygen atoms in total. The van der Waals surface area contributed by atoms with Crippen molar-refractivity contribution in [2.45, 2.75) is 4.90 Å². The Bertz CT molecular complexity index is 1190. The molecule has 3 aromatic rings. The fraction of sp³-hybridized carbons (Fsp3) is 0. The third kappa shape index (κ3) is 4.30. The molecule has 0 unspecified atom stereocenters. The van der Waals surface area contributed by atoms with E-state index >= 15 is 0 Å². The topological polar surface area (TPSA) is 88.5 Å². The van der Waals surface area contributed by atoms with Crippen molar-refractivity contribution in [3.8, 4) is 11.1 Å². The first-order chi connectivity index (χ1) is 13.2. The third-order valence-electron chi connectivity index (χ3n) is 3.99. The quantitative estimate of drug-likeness (QED) is 0.282. The van der Waals surface area contributed by atoms with E-state index in [1.54, 1.807) is 24.3 Å². The first kappa shape index (κ1) is 20.6. The lowest BCUT2D eigenvalue weighted by molar-refractivity contribution is 0.0817. The van der Waals surface area contributed by atoms with Gasteiger partial charge >= 0.3 is 0 Å². The predicted molar refractivity (Wildman–Crippen MR) is 112 cm³/mol. The molecule has 0 aromatic heterocycles. The molecule has 0 radical (unpaired) electrons. The minimum Gasteiger partial charge on any atom is -0.285 e. The van der Waals surface area contributed by atoms with Crippen LogP contribution in [0.25, 0.3) is 11.1 Å². The third-order valence-corrected chi connectivity index (χ3v) is 5.93. The van der Waals surface area contributed by atoms with Crippen LogP contribution in [0.2, 0.25) is 0 Å². The number of halogens is 2. The van der Waals surface area contributed by atoms with Crippen molar-refractivity contribution in [1.82, 2.24) is 0 Å². The predicted octanol–water partition coefficient (Wildman–Crippen LogP) is 5.19. The van der Waals surface area contributed by atoms with Crippen molar-refractivity contribution in [3.05, 3.63) is 86.8 Å². The Morgan fingerprint density at radius 2 is 1.36 bits per heavy atom. The van der Waals surface area contributed by atoms with Gasteiger partial charge in [-0.2, -0.15) is 8.42 Å². The minimum atomic E-state index is -4.53. The van der Waals surface area contributed by atoms with Crippen molar-refractivity contribution >= 4 is 53.5 Å². The van der Waals surface area contributed by atoms with Crippen LogP contribution in [0.4, 0.5) is 0 Å². The smallest absolute Gasteiger partial charge is 0.285 e. The maximum atomic E-state index is 12.9. The highest BCUT2D eigenvalue weighted by Gasteiger charge is 2.25. The number of carbonyl (C=O) groups excluding carboxylic acids is 2. The van der Waals surface area contributed by atoms with E-state index in [0.717, 1.165) is 4.47 Å². The first-order valence-electron chi connectivity index (χ1n) is 7.89.